The number of nitrogens with zero attached hydrogens (tertiary/aromatic N) is 2. The second kappa shape index (κ2) is 2.33. The summed E-state index contributed by atoms with van der Waals surface area (Å²) in [5, 5.41) is 0. The Morgan fingerprint density at radius 3 is 1.89 bits per heavy atom. The highest BCUT2D eigenvalue weighted by molar-refractivity contribution is 6.69. The van der Waals surface area contributed by atoms with Gasteiger partial charge < -0.3 is 9.48 Å². The fourth-order valence-electron chi connectivity index (χ4n) is 0.963. The monoisotopic (exact) mass is 126 g/mol. The molecule has 0 amide bonds. The van der Waals surface area contributed by atoms with Crippen molar-refractivity contribution < 1.29 is 4.76 Å². The number of hydrogen-bond acceptors (Lipinski definition) is 3. The zero-order valence-electron chi connectivity index (χ0n) is 6.46. The Morgan fingerprint density at radius 1 is 1.22 bits per heavy atom. The Balaban J connectivity index is 2.54. The van der Waals surface area contributed by atoms with Crippen molar-refractivity contribution in [1.29, 1.82) is 0 Å². The van der Waals surface area contributed by atoms with Gasteiger partial charge >= 0.3 is 14.0 Å². The molecule has 1 heterocycles. The largest absolute Gasteiger partial charge is 0.389 e. The van der Waals surface area contributed by atoms with Crippen molar-refractivity contribution in [2.24, 2.45) is 0 Å². The first-order chi connectivity index (χ1) is 4.13. The fraction of sp³-hybridized carbons (Fsp3) is 1.00. The van der Waals surface area contributed by atoms with E-state index < -0.39 is 0 Å². The third kappa shape index (κ3) is 1.13. The highest BCUT2D eigenvalue weighted by atomic mass is 16.7. The summed E-state index contributed by atoms with van der Waals surface area (Å²) in [5.41, 5.74) is 0. The van der Waals surface area contributed by atoms with Crippen molar-refractivity contribution >= 4 is 14.0 Å². The average molecular weight is 126 g/mol. The topological polar surface area (TPSA) is 15.7 Å². The normalized spacial score (nSPS) is 24.0. The lowest BCUT2D eigenvalue weighted by Crippen LogP contribution is -2.39. The van der Waals surface area contributed by atoms with Crippen LogP contribution in [0.25, 0.3) is 0 Å². The predicted molar refractivity (Wildman–Crippen MR) is 39.8 cm³/mol. The molecule has 1 fully saturated rings. The van der Waals surface area contributed by atoms with E-state index in [1.807, 2.05) is 18.8 Å². The van der Waals surface area contributed by atoms with Gasteiger partial charge in [-0.15, -0.1) is 0 Å². The molecular weight excluding hydrogens is 114 g/mol. The molecule has 0 spiro atoms. The fourth-order valence-corrected chi connectivity index (χ4v) is 0.963. The molecule has 0 radical (unpaired) electrons. The van der Waals surface area contributed by atoms with E-state index in [1.54, 1.807) is 0 Å². The molecule has 50 valence electrons. The first-order valence-electron chi connectivity index (χ1n) is 3.24. The van der Waals surface area contributed by atoms with Gasteiger partial charge in [0, 0.05) is 7.05 Å². The van der Waals surface area contributed by atoms with Crippen LogP contribution >= 0.6 is 0 Å². The van der Waals surface area contributed by atoms with Crippen LogP contribution in [-0.2, 0) is 4.76 Å². The van der Waals surface area contributed by atoms with Crippen molar-refractivity contribution in [2.45, 2.75) is 13.6 Å². The summed E-state index contributed by atoms with van der Waals surface area (Å²) in [6.45, 7) is 4.56. The van der Waals surface area contributed by atoms with Crippen LogP contribution in [0, 0.1) is 0 Å². The van der Waals surface area contributed by atoms with Gasteiger partial charge in [-0.3, -0.25) is 0 Å². The summed E-state index contributed by atoms with van der Waals surface area (Å²) in [4.78, 5) is 1.87. The van der Waals surface area contributed by atoms with Crippen LogP contribution in [0.1, 0.15) is 0 Å². The molecule has 1 rings (SSSR count). The van der Waals surface area contributed by atoms with Crippen LogP contribution in [0.5, 0.6) is 0 Å². The maximum Gasteiger partial charge on any atom is 0.389 e. The Labute approximate surface area is 57.2 Å². The summed E-state index contributed by atoms with van der Waals surface area (Å²) in [6, 6.07) is 0. The third-order valence-corrected chi connectivity index (χ3v) is 2.01. The highest BCUT2D eigenvalue weighted by Crippen LogP contribution is 2.10. The van der Waals surface area contributed by atoms with Gasteiger partial charge in [0.1, 0.15) is 0 Å². The van der Waals surface area contributed by atoms with Crippen molar-refractivity contribution in [3.63, 3.8) is 0 Å². The van der Waals surface area contributed by atoms with E-state index in [0.717, 1.165) is 0 Å². The molecule has 9 heavy (non-hydrogen) atoms. The third-order valence-electron chi connectivity index (χ3n) is 2.01. The molecule has 0 saturated carbocycles. The van der Waals surface area contributed by atoms with E-state index in [1.165, 1.54) is 0 Å². The summed E-state index contributed by atoms with van der Waals surface area (Å²) in [5.74, 6) is 0. The van der Waals surface area contributed by atoms with Gasteiger partial charge in [-0.1, -0.05) is 6.82 Å². The van der Waals surface area contributed by atoms with Crippen LogP contribution in [0.3, 0.4) is 0 Å². The first-order valence-corrected chi connectivity index (χ1v) is 3.24. The van der Waals surface area contributed by atoms with E-state index in [9.17, 15) is 0 Å². The molecule has 1 saturated heterocycles. The Hall–Kier alpha value is 0.00987. The summed E-state index contributed by atoms with van der Waals surface area (Å²) in [6.07, 6.45) is 0. The molecule has 0 aliphatic carbocycles. The highest BCUT2D eigenvalue weighted by Gasteiger charge is 2.36. The van der Waals surface area contributed by atoms with Crippen LogP contribution in [0.2, 0.25) is 13.6 Å². The van der Waals surface area contributed by atoms with Crippen molar-refractivity contribution in [2.75, 3.05) is 14.1 Å². The summed E-state index contributed by atoms with van der Waals surface area (Å²) >= 11 is 0. The Kier molecular flexibility index (Phi) is 1.84. The zero-order chi connectivity index (χ0) is 7.02. The van der Waals surface area contributed by atoms with Gasteiger partial charge in [0.25, 0.3) is 0 Å². The SMILES string of the molecule is CB1ON(C)B(C)N1C. The minimum absolute atomic E-state index is 0.227. The van der Waals surface area contributed by atoms with Gasteiger partial charge in [-0.05, 0) is 13.9 Å². The summed E-state index contributed by atoms with van der Waals surface area (Å²) < 4.78 is 7.51. The van der Waals surface area contributed by atoms with Crippen LogP contribution in [-0.4, -0.2) is 37.8 Å². The predicted octanol–water partition coefficient (Wildman–Crippen LogP) is 0.0312. The molecule has 1 aliphatic rings. The van der Waals surface area contributed by atoms with E-state index >= 15 is 0 Å². The van der Waals surface area contributed by atoms with E-state index in [4.69, 9.17) is 4.76 Å². The number of hydroxylamine groups is 1. The number of hydrogen-bond donors (Lipinski definition) is 0. The van der Waals surface area contributed by atoms with Crippen molar-refractivity contribution in [3.8, 4) is 0 Å². The van der Waals surface area contributed by atoms with Gasteiger partial charge in [-0.25, -0.2) is 4.97 Å². The second-order valence-corrected chi connectivity index (χ2v) is 2.55. The van der Waals surface area contributed by atoms with Gasteiger partial charge in [0.15, 0.2) is 0 Å². The molecule has 0 aromatic heterocycles. The van der Waals surface area contributed by atoms with Crippen LogP contribution < -0.4 is 0 Å². The lowest BCUT2D eigenvalue weighted by atomic mass is 9.69. The van der Waals surface area contributed by atoms with Crippen molar-refractivity contribution in [3.05, 3.63) is 0 Å². The molecule has 3 nitrogen and oxygen atoms in total. The molecule has 0 atom stereocenters. The molecule has 0 unspecified atom stereocenters. The second-order valence-electron chi connectivity index (χ2n) is 2.55. The maximum absolute atomic E-state index is 5.34. The first kappa shape index (κ1) is 7.12. The van der Waals surface area contributed by atoms with E-state index in [-0.39, 0.29) is 7.05 Å². The standard InChI is InChI=1S/C4H12B2N2O/c1-5-7(3)6(2)9-8(5)4/h1-4H3. The molecule has 5 heteroatoms. The molecular formula is C4H12B2N2O. The summed E-state index contributed by atoms with van der Waals surface area (Å²) in [7, 11) is 4.23. The minimum atomic E-state index is 0.227. The van der Waals surface area contributed by atoms with Crippen LogP contribution in [0.4, 0.5) is 0 Å². The molecule has 0 aromatic rings. The Morgan fingerprint density at radius 2 is 1.78 bits per heavy atom. The van der Waals surface area contributed by atoms with E-state index in [0.29, 0.717) is 6.98 Å². The lowest BCUT2D eigenvalue weighted by molar-refractivity contribution is 0.0692. The van der Waals surface area contributed by atoms with Crippen molar-refractivity contribution in [1.82, 2.24) is 9.70 Å². The maximum atomic E-state index is 5.34. The quantitative estimate of drug-likeness (QED) is 0.425. The number of rotatable bonds is 0. The lowest BCUT2D eigenvalue weighted by Gasteiger charge is -2.12. The molecule has 0 aromatic carbocycles. The average Bonchev–Trinajstić information content (AvgIpc) is 1.98. The van der Waals surface area contributed by atoms with Crippen LogP contribution in [0.15, 0.2) is 0 Å². The smallest absolute Gasteiger partial charge is 0.349 e. The van der Waals surface area contributed by atoms with E-state index in [2.05, 4.69) is 18.6 Å². The van der Waals surface area contributed by atoms with Gasteiger partial charge in [0.2, 0.25) is 0 Å². The van der Waals surface area contributed by atoms with Gasteiger partial charge in [0.05, 0.1) is 0 Å². The zero-order valence-corrected chi connectivity index (χ0v) is 6.46. The minimum Gasteiger partial charge on any atom is -0.349 e. The molecule has 1 aliphatic heterocycles. The van der Waals surface area contributed by atoms with Gasteiger partial charge in [-0.2, -0.15) is 0 Å². The molecule has 0 N–H and O–H groups in total. The molecule has 0 bridgehead atoms. The Bertz CT molecular complexity index is 101.